The minimum atomic E-state index is 0.314. The van der Waals surface area contributed by atoms with Gasteiger partial charge in [-0.15, -0.1) is 0 Å². The molecule has 0 amide bonds. The van der Waals surface area contributed by atoms with Gasteiger partial charge in [0, 0.05) is 16.5 Å². The highest BCUT2D eigenvalue weighted by molar-refractivity contribution is 6.12. The van der Waals surface area contributed by atoms with Crippen LogP contribution in [0.2, 0.25) is 0 Å². The summed E-state index contributed by atoms with van der Waals surface area (Å²) in [5.41, 5.74) is 5.54. The molecule has 0 radical (unpaired) electrons. The molecule has 1 N–H and O–H groups in total. The summed E-state index contributed by atoms with van der Waals surface area (Å²) in [6.07, 6.45) is 0. The van der Waals surface area contributed by atoms with Gasteiger partial charge in [0.15, 0.2) is 0 Å². The Bertz CT molecular complexity index is 1220. The summed E-state index contributed by atoms with van der Waals surface area (Å²) in [6.45, 7) is 0. The molecule has 0 spiro atoms. The molecule has 0 fully saturated rings. The number of hydrogen-bond donors (Lipinski definition) is 1. The first-order valence-corrected chi connectivity index (χ1v) is 8.70. The van der Waals surface area contributed by atoms with E-state index in [9.17, 15) is 5.11 Å². The maximum atomic E-state index is 10.5. The maximum absolute atomic E-state index is 10.5. The first-order chi connectivity index (χ1) is 12.8. The molecular formula is C24H17NO. The Morgan fingerprint density at radius 1 is 0.577 bits per heavy atom. The molecule has 0 aliphatic carbocycles. The zero-order chi connectivity index (χ0) is 17.5. The molecule has 0 bridgehead atoms. The highest BCUT2D eigenvalue weighted by Crippen LogP contribution is 2.38. The summed E-state index contributed by atoms with van der Waals surface area (Å²) in [5.74, 6) is 0.314. The number of para-hydroxylation sites is 1. The smallest absolute Gasteiger partial charge is 0.125 e. The van der Waals surface area contributed by atoms with Crippen LogP contribution in [0.1, 0.15) is 0 Å². The molecule has 0 saturated heterocycles. The van der Waals surface area contributed by atoms with Crippen LogP contribution in [0, 0.1) is 0 Å². The highest BCUT2D eigenvalue weighted by atomic mass is 16.3. The first kappa shape index (κ1) is 14.8. The van der Waals surface area contributed by atoms with Crippen LogP contribution in [0.3, 0.4) is 0 Å². The SMILES string of the molecule is Oc1cccc2c1c1ccc(-c3ccccc3)cc1n2-c1ccccc1. The number of benzene rings is 4. The van der Waals surface area contributed by atoms with Crippen molar-refractivity contribution in [3.63, 3.8) is 0 Å². The van der Waals surface area contributed by atoms with Crippen molar-refractivity contribution in [3.8, 4) is 22.6 Å². The molecule has 0 unspecified atom stereocenters. The van der Waals surface area contributed by atoms with E-state index in [1.165, 1.54) is 5.56 Å². The van der Waals surface area contributed by atoms with Crippen LogP contribution < -0.4 is 0 Å². The first-order valence-electron chi connectivity index (χ1n) is 8.70. The van der Waals surface area contributed by atoms with Crippen LogP contribution in [0.25, 0.3) is 38.6 Å². The molecule has 0 atom stereocenters. The third-order valence-corrected chi connectivity index (χ3v) is 4.89. The van der Waals surface area contributed by atoms with E-state index in [0.29, 0.717) is 5.75 Å². The van der Waals surface area contributed by atoms with Crippen molar-refractivity contribution >= 4 is 21.8 Å². The molecule has 0 saturated carbocycles. The number of fused-ring (bicyclic) bond motifs is 3. The molecule has 1 heterocycles. The normalized spacial score (nSPS) is 11.2. The van der Waals surface area contributed by atoms with Gasteiger partial charge in [-0.3, -0.25) is 0 Å². The lowest BCUT2D eigenvalue weighted by atomic mass is 10.0. The molecule has 0 aliphatic heterocycles. The number of aromatic hydroxyl groups is 1. The van der Waals surface area contributed by atoms with Crippen LogP contribution in [0.15, 0.2) is 97.1 Å². The van der Waals surface area contributed by atoms with Crippen LogP contribution >= 0.6 is 0 Å². The second kappa shape index (κ2) is 5.78. The van der Waals surface area contributed by atoms with Crippen molar-refractivity contribution < 1.29 is 5.11 Å². The van der Waals surface area contributed by atoms with Gasteiger partial charge in [-0.2, -0.15) is 0 Å². The number of hydrogen-bond acceptors (Lipinski definition) is 1. The summed E-state index contributed by atoms with van der Waals surface area (Å²) in [6, 6.07) is 32.8. The van der Waals surface area contributed by atoms with Gasteiger partial charge in [-0.05, 0) is 41.5 Å². The van der Waals surface area contributed by atoms with E-state index >= 15 is 0 Å². The van der Waals surface area contributed by atoms with E-state index in [2.05, 4.69) is 65.2 Å². The lowest BCUT2D eigenvalue weighted by Gasteiger charge is -2.08. The fourth-order valence-electron chi connectivity index (χ4n) is 3.71. The van der Waals surface area contributed by atoms with E-state index in [-0.39, 0.29) is 0 Å². The third kappa shape index (κ3) is 2.20. The number of nitrogens with zero attached hydrogens (tertiary/aromatic N) is 1. The Morgan fingerprint density at radius 3 is 2.08 bits per heavy atom. The largest absolute Gasteiger partial charge is 0.507 e. The predicted octanol–water partition coefficient (Wildman–Crippen LogP) is 6.16. The number of rotatable bonds is 2. The van der Waals surface area contributed by atoms with E-state index in [0.717, 1.165) is 33.1 Å². The van der Waals surface area contributed by atoms with Crippen LogP contribution in [0.5, 0.6) is 5.75 Å². The quantitative estimate of drug-likeness (QED) is 0.411. The van der Waals surface area contributed by atoms with Gasteiger partial charge in [-0.25, -0.2) is 0 Å². The lowest BCUT2D eigenvalue weighted by Crippen LogP contribution is -1.93. The van der Waals surface area contributed by atoms with Crippen LogP contribution in [-0.2, 0) is 0 Å². The molecule has 124 valence electrons. The summed E-state index contributed by atoms with van der Waals surface area (Å²) >= 11 is 0. The fourth-order valence-corrected chi connectivity index (χ4v) is 3.71. The molecule has 26 heavy (non-hydrogen) atoms. The van der Waals surface area contributed by atoms with E-state index in [1.807, 2.05) is 30.3 Å². The van der Waals surface area contributed by atoms with Gasteiger partial charge in [0.1, 0.15) is 5.75 Å². The van der Waals surface area contributed by atoms with E-state index in [1.54, 1.807) is 6.07 Å². The Balaban J connectivity index is 1.91. The lowest BCUT2D eigenvalue weighted by molar-refractivity contribution is 0.482. The number of phenols is 1. The minimum absolute atomic E-state index is 0.314. The van der Waals surface area contributed by atoms with Crippen molar-refractivity contribution in [2.45, 2.75) is 0 Å². The second-order valence-electron chi connectivity index (χ2n) is 6.44. The molecular weight excluding hydrogens is 318 g/mol. The summed E-state index contributed by atoms with van der Waals surface area (Å²) in [5, 5.41) is 12.5. The summed E-state index contributed by atoms with van der Waals surface area (Å²) in [7, 11) is 0. The Kier molecular flexibility index (Phi) is 3.29. The highest BCUT2D eigenvalue weighted by Gasteiger charge is 2.15. The molecule has 2 heteroatoms. The average Bonchev–Trinajstić information content (AvgIpc) is 3.04. The fraction of sp³-hybridized carbons (Fsp3) is 0. The van der Waals surface area contributed by atoms with E-state index < -0.39 is 0 Å². The Morgan fingerprint density at radius 2 is 1.31 bits per heavy atom. The van der Waals surface area contributed by atoms with Crippen molar-refractivity contribution in [1.82, 2.24) is 4.57 Å². The predicted molar refractivity (Wildman–Crippen MR) is 108 cm³/mol. The summed E-state index contributed by atoms with van der Waals surface area (Å²) in [4.78, 5) is 0. The topological polar surface area (TPSA) is 25.2 Å². The van der Waals surface area contributed by atoms with Crippen molar-refractivity contribution in [3.05, 3.63) is 97.1 Å². The van der Waals surface area contributed by atoms with Crippen molar-refractivity contribution in [2.75, 3.05) is 0 Å². The van der Waals surface area contributed by atoms with Gasteiger partial charge in [0.25, 0.3) is 0 Å². The minimum Gasteiger partial charge on any atom is -0.507 e. The monoisotopic (exact) mass is 335 g/mol. The van der Waals surface area contributed by atoms with Gasteiger partial charge in [0.2, 0.25) is 0 Å². The van der Waals surface area contributed by atoms with Crippen LogP contribution in [0.4, 0.5) is 0 Å². The van der Waals surface area contributed by atoms with Gasteiger partial charge < -0.3 is 9.67 Å². The summed E-state index contributed by atoms with van der Waals surface area (Å²) < 4.78 is 2.22. The standard InChI is InChI=1S/C24H17NO/c26-23-13-7-12-21-24(23)20-15-14-18(17-8-3-1-4-9-17)16-22(20)25(21)19-10-5-2-6-11-19/h1-16,26H. The maximum Gasteiger partial charge on any atom is 0.125 e. The van der Waals surface area contributed by atoms with Crippen LogP contribution in [-0.4, -0.2) is 9.67 Å². The van der Waals surface area contributed by atoms with Crippen molar-refractivity contribution in [2.24, 2.45) is 0 Å². The number of phenolic OH excluding ortho intramolecular Hbond substituents is 1. The zero-order valence-corrected chi connectivity index (χ0v) is 14.1. The van der Waals surface area contributed by atoms with E-state index in [4.69, 9.17) is 0 Å². The molecule has 1 aromatic heterocycles. The average molecular weight is 335 g/mol. The Hall–Kier alpha value is -3.52. The van der Waals surface area contributed by atoms with Gasteiger partial charge >= 0.3 is 0 Å². The third-order valence-electron chi connectivity index (χ3n) is 4.89. The van der Waals surface area contributed by atoms with Gasteiger partial charge in [-0.1, -0.05) is 66.7 Å². The van der Waals surface area contributed by atoms with Gasteiger partial charge in [0.05, 0.1) is 11.0 Å². The van der Waals surface area contributed by atoms with Crippen molar-refractivity contribution in [1.29, 1.82) is 0 Å². The number of aromatic nitrogens is 1. The molecule has 5 aromatic rings. The molecule has 0 aliphatic rings. The molecule has 4 aromatic carbocycles. The second-order valence-corrected chi connectivity index (χ2v) is 6.44. The molecule has 5 rings (SSSR count). The molecule has 2 nitrogen and oxygen atoms in total. The Labute approximate surface area is 151 Å². The zero-order valence-electron chi connectivity index (χ0n) is 14.1.